The van der Waals surface area contributed by atoms with E-state index in [1.165, 1.54) is 5.56 Å². The molecule has 0 unspecified atom stereocenters. The van der Waals surface area contributed by atoms with Crippen molar-refractivity contribution in [2.75, 3.05) is 5.73 Å². The molecule has 0 radical (unpaired) electrons. The van der Waals surface area contributed by atoms with Crippen molar-refractivity contribution in [2.24, 2.45) is 0 Å². The maximum absolute atomic E-state index is 5.62. The lowest BCUT2D eigenvalue weighted by Gasteiger charge is -1.98. The molecule has 1 heteroatoms. The predicted molar refractivity (Wildman–Crippen MR) is 47.1 cm³/mol. The average molecular weight is 137 g/mol. The van der Waals surface area contributed by atoms with Crippen LogP contribution in [-0.2, 0) is 0 Å². The van der Waals surface area contributed by atoms with Crippen LogP contribution in [0.25, 0.3) is 0 Å². The van der Waals surface area contributed by atoms with Crippen molar-refractivity contribution < 1.29 is 0 Å². The molecule has 0 aliphatic rings. The number of hydrogen-bond acceptors (Lipinski definition) is 1. The molecule has 0 bridgehead atoms. The van der Waals surface area contributed by atoms with Gasteiger partial charge in [-0.15, -0.1) is 0 Å². The van der Waals surface area contributed by atoms with Gasteiger partial charge >= 0.3 is 0 Å². The number of nitrogens with two attached hydrogens (primary N) is 1. The van der Waals surface area contributed by atoms with Crippen LogP contribution in [0, 0.1) is 13.8 Å². The molecule has 0 heterocycles. The highest BCUT2D eigenvalue weighted by molar-refractivity contribution is 5.47. The van der Waals surface area contributed by atoms with E-state index in [-0.39, 0.29) is 7.43 Å². The smallest absolute Gasteiger partial charge is 0.0346 e. The molecule has 1 nitrogen and oxygen atoms in total. The molecule has 0 amide bonds. The second kappa shape index (κ2) is 3.25. The second-order valence-corrected chi connectivity index (χ2v) is 2.36. The molecule has 0 atom stereocenters. The Morgan fingerprint density at radius 2 is 1.80 bits per heavy atom. The van der Waals surface area contributed by atoms with E-state index < -0.39 is 0 Å². The third kappa shape index (κ3) is 1.76. The first-order valence-corrected chi connectivity index (χ1v) is 3.03. The SMILES string of the molecule is C.Cc1ccc(C)c(N)c1. The Morgan fingerprint density at radius 1 is 1.20 bits per heavy atom. The molecule has 0 saturated heterocycles. The molecule has 10 heavy (non-hydrogen) atoms. The van der Waals surface area contributed by atoms with Gasteiger partial charge in [0.15, 0.2) is 0 Å². The summed E-state index contributed by atoms with van der Waals surface area (Å²) < 4.78 is 0. The Kier molecular flexibility index (Phi) is 2.94. The van der Waals surface area contributed by atoms with E-state index in [0.29, 0.717) is 0 Å². The van der Waals surface area contributed by atoms with E-state index in [2.05, 4.69) is 6.07 Å². The number of hydrogen-bond donors (Lipinski definition) is 1. The fraction of sp³-hybridized carbons (Fsp3) is 0.333. The van der Waals surface area contributed by atoms with Crippen molar-refractivity contribution in [3.8, 4) is 0 Å². The lowest BCUT2D eigenvalue weighted by molar-refractivity contribution is 1.40. The molecule has 0 aliphatic heterocycles. The van der Waals surface area contributed by atoms with Crippen molar-refractivity contribution in [1.82, 2.24) is 0 Å². The van der Waals surface area contributed by atoms with Gasteiger partial charge < -0.3 is 5.73 Å². The summed E-state index contributed by atoms with van der Waals surface area (Å²) in [6, 6.07) is 6.08. The van der Waals surface area contributed by atoms with E-state index in [1.54, 1.807) is 0 Å². The van der Waals surface area contributed by atoms with Crippen LogP contribution in [0.5, 0.6) is 0 Å². The van der Waals surface area contributed by atoms with Gasteiger partial charge in [-0.1, -0.05) is 19.6 Å². The topological polar surface area (TPSA) is 26.0 Å². The van der Waals surface area contributed by atoms with Gasteiger partial charge in [-0.3, -0.25) is 0 Å². The zero-order chi connectivity index (χ0) is 6.85. The van der Waals surface area contributed by atoms with Crippen LogP contribution in [0.2, 0.25) is 0 Å². The Balaban J connectivity index is 0.000000810. The van der Waals surface area contributed by atoms with Gasteiger partial charge in [-0.25, -0.2) is 0 Å². The molecule has 0 fully saturated rings. The number of aryl methyl sites for hydroxylation is 2. The predicted octanol–water partition coefficient (Wildman–Crippen LogP) is 2.52. The third-order valence-electron chi connectivity index (χ3n) is 1.43. The zero-order valence-corrected chi connectivity index (χ0v) is 5.81. The van der Waals surface area contributed by atoms with Gasteiger partial charge in [-0.05, 0) is 31.0 Å². The monoisotopic (exact) mass is 137 g/mol. The molecule has 0 aliphatic carbocycles. The van der Waals surface area contributed by atoms with Crippen LogP contribution < -0.4 is 5.73 Å². The highest BCUT2D eigenvalue weighted by Gasteiger charge is 1.89. The summed E-state index contributed by atoms with van der Waals surface area (Å²) in [5.41, 5.74) is 8.88. The van der Waals surface area contributed by atoms with Gasteiger partial charge in [0.2, 0.25) is 0 Å². The zero-order valence-electron chi connectivity index (χ0n) is 5.81. The summed E-state index contributed by atoms with van der Waals surface area (Å²) in [5, 5.41) is 0. The number of nitrogen functional groups attached to an aromatic ring is 1. The van der Waals surface area contributed by atoms with Crippen molar-refractivity contribution >= 4 is 5.69 Å². The molecule has 2 N–H and O–H groups in total. The Morgan fingerprint density at radius 3 is 2.20 bits per heavy atom. The minimum atomic E-state index is 0. The van der Waals surface area contributed by atoms with E-state index in [1.807, 2.05) is 26.0 Å². The normalized spacial score (nSPS) is 8.60. The summed E-state index contributed by atoms with van der Waals surface area (Å²) in [4.78, 5) is 0. The fourth-order valence-electron chi connectivity index (χ4n) is 0.760. The lowest BCUT2D eigenvalue weighted by atomic mass is 10.1. The van der Waals surface area contributed by atoms with Crippen LogP contribution in [0.4, 0.5) is 5.69 Å². The van der Waals surface area contributed by atoms with E-state index in [9.17, 15) is 0 Å². The van der Waals surface area contributed by atoms with Crippen molar-refractivity contribution in [3.63, 3.8) is 0 Å². The minimum Gasteiger partial charge on any atom is -0.399 e. The first-order chi connectivity index (χ1) is 4.20. The Hall–Kier alpha value is -0.980. The van der Waals surface area contributed by atoms with Crippen molar-refractivity contribution in [1.29, 1.82) is 0 Å². The maximum Gasteiger partial charge on any atom is 0.0346 e. The highest BCUT2D eigenvalue weighted by atomic mass is 14.5. The van der Waals surface area contributed by atoms with Gasteiger partial charge in [0.1, 0.15) is 0 Å². The molecule has 0 aromatic heterocycles. The molecule has 1 rings (SSSR count). The van der Waals surface area contributed by atoms with Crippen molar-refractivity contribution in [2.45, 2.75) is 21.3 Å². The van der Waals surface area contributed by atoms with Crippen LogP contribution >= 0.6 is 0 Å². The Bertz CT molecular complexity index is 216. The number of anilines is 1. The largest absolute Gasteiger partial charge is 0.399 e. The van der Waals surface area contributed by atoms with E-state index in [0.717, 1.165) is 11.3 Å². The highest BCUT2D eigenvalue weighted by Crippen LogP contribution is 2.10. The molecular weight excluding hydrogens is 122 g/mol. The standard InChI is InChI=1S/C8H11N.CH4/c1-6-3-4-7(2)8(9)5-6;/h3-5H,9H2,1-2H3;1H4. The average Bonchev–Trinajstić information content (AvgIpc) is 1.80. The first kappa shape index (κ1) is 9.02. The van der Waals surface area contributed by atoms with Gasteiger partial charge in [0.25, 0.3) is 0 Å². The van der Waals surface area contributed by atoms with E-state index >= 15 is 0 Å². The summed E-state index contributed by atoms with van der Waals surface area (Å²) in [7, 11) is 0. The van der Waals surface area contributed by atoms with Crippen molar-refractivity contribution in [3.05, 3.63) is 29.3 Å². The van der Waals surface area contributed by atoms with Gasteiger partial charge in [0, 0.05) is 5.69 Å². The lowest BCUT2D eigenvalue weighted by Crippen LogP contribution is -1.88. The first-order valence-electron chi connectivity index (χ1n) is 3.03. The second-order valence-electron chi connectivity index (χ2n) is 2.36. The molecule has 1 aromatic rings. The summed E-state index contributed by atoms with van der Waals surface area (Å²) in [6.45, 7) is 4.05. The molecule has 0 saturated carbocycles. The molecule has 56 valence electrons. The molecule has 1 aromatic carbocycles. The van der Waals surface area contributed by atoms with Crippen LogP contribution in [-0.4, -0.2) is 0 Å². The summed E-state index contributed by atoms with van der Waals surface area (Å²) in [6.07, 6.45) is 0. The molecule has 0 spiro atoms. The fourth-order valence-corrected chi connectivity index (χ4v) is 0.760. The quantitative estimate of drug-likeness (QED) is 0.546. The van der Waals surface area contributed by atoms with Crippen LogP contribution in [0.15, 0.2) is 18.2 Å². The van der Waals surface area contributed by atoms with Gasteiger partial charge in [0.05, 0.1) is 0 Å². The van der Waals surface area contributed by atoms with Crippen LogP contribution in [0.1, 0.15) is 18.6 Å². The van der Waals surface area contributed by atoms with Gasteiger partial charge in [-0.2, -0.15) is 0 Å². The minimum absolute atomic E-state index is 0. The third-order valence-corrected chi connectivity index (χ3v) is 1.43. The summed E-state index contributed by atoms with van der Waals surface area (Å²) >= 11 is 0. The van der Waals surface area contributed by atoms with Crippen LogP contribution in [0.3, 0.4) is 0 Å². The van der Waals surface area contributed by atoms with E-state index in [4.69, 9.17) is 5.73 Å². The summed E-state index contributed by atoms with van der Waals surface area (Å²) in [5.74, 6) is 0. The molecular formula is C9H15N. The number of rotatable bonds is 0. The Labute approximate surface area is 62.9 Å². The number of benzene rings is 1. The maximum atomic E-state index is 5.62.